The van der Waals surface area contributed by atoms with Crippen molar-refractivity contribution in [2.45, 2.75) is 25.6 Å². The van der Waals surface area contributed by atoms with Crippen LogP contribution in [0.3, 0.4) is 0 Å². The van der Waals surface area contributed by atoms with Gasteiger partial charge in [0.25, 0.3) is 5.91 Å². The molecule has 36 heavy (non-hydrogen) atoms. The van der Waals surface area contributed by atoms with Crippen LogP contribution in [0, 0.1) is 0 Å². The second-order valence-corrected chi connectivity index (χ2v) is 9.09. The molecule has 7 nitrogen and oxygen atoms in total. The van der Waals surface area contributed by atoms with Gasteiger partial charge in [-0.25, -0.2) is 4.79 Å². The predicted octanol–water partition coefficient (Wildman–Crippen LogP) is 4.65. The van der Waals surface area contributed by atoms with Gasteiger partial charge in [0.15, 0.2) is 5.11 Å². The average molecular weight is 522 g/mol. The summed E-state index contributed by atoms with van der Waals surface area (Å²) in [4.78, 5) is 41.4. The molecule has 0 spiro atoms. The Morgan fingerprint density at radius 1 is 0.944 bits per heavy atom. The number of thiocarbonyl (C=S) groups is 1. The summed E-state index contributed by atoms with van der Waals surface area (Å²) in [7, 11) is 1.30. The Kier molecular flexibility index (Phi) is 7.97. The summed E-state index contributed by atoms with van der Waals surface area (Å²) in [6.07, 6.45) is -0.0867. The quantitative estimate of drug-likeness (QED) is 0.343. The average Bonchev–Trinajstić information content (AvgIpc) is 3.09. The number of hydrogen-bond acceptors (Lipinski definition) is 5. The zero-order valence-electron chi connectivity index (χ0n) is 19.5. The van der Waals surface area contributed by atoms with E-state index >= 15 is 0 Å². The third kappa shape index (κ3) is 5.90. The van der Waals surface area contributed by atoms with Gasteiger partial charge in [-0.3, -0.25) is 14.5 Å². The SMILES string of the molecule is COC(=O)c1ccc(NC(=O)CC2C(=O)N(Cc3ccccc3)C(=S)N2Cc2ccc(Cl)cc2)cc1. The molecule has 0 aromatic heterocycles. The van der Waals surface area contributed by atoms with Crippen LogP contribution in [0.2, 0.25) is 5.02 Å². The summed E-state index contributed by atoms with van der Waals surface area (Å²) < 4.78 is 4.69. The van der Waals surface area contributed by atoms with Crippen LogP contribution in [0.5, 0.6) is 0 Å². The van der Waals surface area contributed by atoms with Gasteiger partial charge in [-0.05, 0) is 59.7 Å². The fraction of sp³-hybridized carbons (Fsp3) is 0.185. The van der Waals surface area contributed by atoms with E-state index in [-0.39, 0.29) is 18.2 Å². The van der Waals surface area contributed by atoms with E-state index in [1.807, 2.05) is 42.5 Å². The molecule has 1 fully saturated rings. The van der Waals surface area contributed by atoms with Crippen molar-refractivity contribution in [1.82, 2.24) is 9.80 Å². The molecular weight excluding hydrogens is 498 g/mol. The number of hydrogen-bond donors (Lipinski definition) is 1. The number of ether oxygens (including phenoxy) is 1. The van der Waals surface area contributed by atoms with Gasteiger partial charge in [-0.2, -0.15) is 0 Å². The molecular formula is C27H24ClN3O4S. The molecule has 2 amide bonds. The highest BCUT2D eigenvalue weighted by Gasteiger charge is 2.43. The second kappa shape index (κ2) is 11.3. The topological polar surface area (TPSA) is 78.9 Å². The molecule has 184 valence electrons. The zero-order valence-corrected chi connectivity index (χ0v) is 21.1. The molecule has 1 unspecified atom stereocenters. The first-order valence-electron chi connectivity index (χ1n) is 11.2. The number of amides is 2. The maximum Gasteiger partial charge on any atom is 0.337 e. The van der Waals surface area contributed by atoms with Crippen LogP contribution in [-0.4, -0.2) is 45.8 Å². The van der Waals surface area contributed by atoms with Gasteiger partial charge in [0, 0.05) is 17.3 Å². The number of rotatable bonds is 8. The highest BCUT2D eigenvalue weighted by atomic mass is 35.5. The van der Waals surface area contributed by atoms with Crippen LogP contribution in [-0.2, 0) is 27.4 Å². The van der Waals surface area contributed by atoms with E-state index in [1.165, 1.54) is 7.11 Å². The van der Waals surface area contributed by atoms with Crippen LogP contribution in [0.25, 0.3) is 0 Å². The molecule has 0 saturated carbocycles. The van der Waals surface area contributed by atoms with Gasteiger partial charge in [0.05, 0.1) is 25.6 Å². The maximum absolute atomic E-state index is 13.5. The molecule has 1 heterocycles. The first-order valence-corrected chi connectivity index (χ1v) is 12.0. The fourth-order valence-electron chi connectivity index (χ4n) is 3.96. The second-order valence-electron chi connectivity index (χ2n) is 8.28. The van der Waals surface area contributed by atoms with Gasteiger partial charge in [0.2, 0.25) is 5.91 Å². The van der Waals surface area contributed by atoms with Crippen molar-refractivity contribution in [3.63, 3.8) is 0 Å². The van der Waals surface area contributed by atoms with Gasteiger partial charge in [-0.1, -0.05) is 54.1 Å². The normalized spacial score (nSPS) is 15.2. The largest absolute Gasteiger partial charge is 0.465 e. The first-order chi connectivity index (χ1) is 17.4. The minimum atomic E-state index is -0.758. The van der Waals surface area contributed by atoms with E-state index in [4.69, 9.17) is 28.6 Å². The number of nitrogens with zero attached hydrogens (tertiary/aromatic N) is 2. The summed E-state index contributed by atoms with van der Waals surface area (Å²) in [5, 5.41) is 3.78. The summed E-state index contributed by atoms with van der Waals surface area (Å²) >= 11 is 11.7. The molecule has 1 aliphatic heterocycles. The Morgan fingerprint density at radius 2 is 1.58 bits per heavy atom. The predicted molar refractivity (Wildman–Crippen MR) is 141 cm³/mol. The minimum absolute atomic E-state index is 0.0867. The van der Waals surface area contributed by atoms with Crippen molar-refractivity contribution in [2.75, 3.05) is 12.4 Å². The molecule has 0 aliphatic carbocycles. The lowest BCUT2D eigenvalue weighted by Gasteiger charge is -2.24. The third-order valence-electron chi connectivity index (χ3n) is 5.82. The van der Waals surface area contributed by atoms with E-state index < -0.39 is 12.0 Å². The number of esters is 1. The van der Waals surface area contributed by atoms with Crippen molar-refractivity contribution >= 4 is 52.4 Å². The molecule has 3 aromatic carbocycles. The van der Waals surface area contributed by atoms with Crippen LogP contribution in [0.4, 0.5) is 5.69 Å². The van der Waals surface area contributed by atoms with Crippen LogP contribution < -0.4 is 5.32 Å². The standard InChI is InChI=1S/C27H24ClN3O4S/c1-35-26(34)20-9-13-22(14-10-20)29-24(32)15-23-25(33)31(17-18-5-3-2-4-6-18)27(36)30(23)16-19-7-11-21(28)12-8-19/h2-14,23H,15-17H2,1H3,(H,29,32). The molecule has 9 heteroatoms. The summed E-state index contributed by atoms with van der Waals surface area (Å²) in [6, 6.07) is 22.4. The minimum Gasteiger partial charge on any atom is -0.465 e. The first kappa shape index (κ1) is 25.3. The van der Waals surface area contributed by atoms with E-state index in [2.05, 4.69) is 5.32 Å². The summed E-state index contributed by atoms with van der Waals surface area (Å²) in [5.74, 6) is -1.03. The van der Waals surface area contributed by atoms with Gasteiger partial charge >= 0.3 is 5.97 Å². The summed E-state index contributed by atoms with van der Waals surface area (Å²) in [5.41, 5.74) is 2.74. The van der Waals surface area contributed by atoms with E-state index in [0.29, 0.717) is 34.5 Å². The lowest BCUT2D eigenvalue weighted by molar-refractivity contribution is -0.131. The van der Waals surface area contributed by atoms with Crippen LogP contribution >= 0.6 is 23.8 Å². The van der Waals surface area contributed by atoms with Gasteiger partial charge in [0.1, 0.15) is 6.04 Å². The number of nitrogens with one attached hydrogen (secondary N) is 1. The third-order valence-corrected chi connectivity index (χ3v) is 6.53. The smallest absolute Gasteiger partial charge is 0.337 e. The van der Waals surface area contributed by atoms with Crippen molar-refractivity contribution in [3.05, 3.63) is 101 Å². The Balaban J connectivity index is 1.52. The number of anilines is 1. The number of benzene rings is 3. The molecule has 0 radical (unpaired) electrons. The van der Waals surface area contributed by atoms with E-state index in [9.17, 15) is 14.4 Å². The molecule has 1 aliphatic rings. The summed E-state index contributed by atoms with van der Waals surface area (Å²) in [6.45, 7) is 0.682. The fourth-order valence-corrected chi connectivity index (χ4v) is 4.44. The number of halogens is 1. The number of methoxy groups -OCH3 is 1. The van der Waals surface area contributed by atoms with Gasteiger partial charge in [-0.15, -0.1) is 0 Å². The lowest BCUT2D eigenvalue weighted by atomic mass is 10.1. The van der Waals surface area contributed by atoms with Crippen molar-refractivity contribution in [3.8, 4) is 0 Å². The maximum atomic E-state index is 13.5. The van der Waals surface area contributed by atoms with E-state index in [1.54, 1.807) is 46.2 Å². The van der Waals surface area contributed by atoms with Crippen LogP contribution in [0.1, 0.15) is 27.9 Å². The molecule has 0 bridgehead atoms. The molecule has 1 saturated heterocycles. The molecule has 3 aromatic rings. The lowest BCUT2D eigenvalue weighted by Crippen LogP contribution is -2.37. The van der Waals surface area contributed by atoms with Crippen molar-refractivity contribution in [2.24, 2.45) is 0 Å². The zero-order chi connectivity index (χ0) is 25.7. The van der Waals surface area contributed by atoms with Crippen molar-refractivity contribution < 1.29 is 19.1 Å². The highest BCUT2D eigenvalue weighted by Crippen LogP contribution is 2.26. The molecule has 4 rings (SSSR count). The Morgan fingerprint density at radius 3 is 2.22 bits per heavy atom. The Hall–Kier alpha value is -3.75. The number of carbonyl (C=O) groups is 3. The van der Waals surface area contributed by atoms with E-state index in [0.717, 1.165) is 11.1 Å². The molecule has 1 N–H and O–H groups in total. The monoisotopic (exact) mass is 521 g/mol. The Labute approximate surface area is 219 Å². The molecule has 1 atom stereocenters. The van der Waals surface area contributed by atoms with Crippen LogP contribution in [0.15, 0.2) is 78.9 Å². The number of carbonyl (C=O) groups excluding carboxylic acids is 3. The highest BCUT2D eigenvalue weighted by molar-refractivity contribution is 7.80. The van der Waals surface area contributed by atoms with Gasteiger partial charge < -0.3 is 15.0 Å². The van der Waals surface area contributed by atoms with Crippen molar-refractivity contribution in [1.29, 1.82) is 0 Å². The Bertz CT molecular complexity index is 1270.